The van der Waals surface area contributed by atoms with Gasteiger partial charge in [0.25, 0.3) is 0 Å². The van der Waals surface area contributed by atoms with Gasteiger partial charge in [-0.25, -0.2) is 9.67 Å². The van der Waals surface area contributed by atoms with E-state index in [0.717, 1.165) is 22.0 Å². The third-order valence-electron chi connectivity index (χ3n) is 4.19. The molecule has 126 valence electrons. The van der Waals surface area contributed by atoms with Gasteiger partial charge in [-0.1, -0.05) is 12.1 Å². The summed E-state index contributed by atoms with van der Waals surface area (Å²) in [5.41, 5.74) is 1.26. The number of thiophene rings is 1. The maximum atomic E-state index is 10.6. The van der Waals surface area contributed by atoms with Gasteiger partial charge in [-0.15, -0.1) is 11.3 Å². The van der Waals surface area contributed by atoms with E-state index in [9.17, 15) is 5.11 Å². The van der Waals surface area contributed by atoms with Crippen LogP contribution in [0.5, 0.6) is 0 Å². The molecular formula is C18H22N4OS. The monoisotopic (exact) mass is 342 g/mol. The zero-order chi connectivity index (χ0) is 17.2. The van der Waals surface area contributed by atoms with Gasteiger partial charge in [0.2, 0.25) is 0 Å². The normalized spacial score (nSPS) is 15.2. The van der Waals surface area contributed by atoms with Crippen molar-refractivity contribution in [2.45, 2.75) is 32.4 Å². The number of aromatic nitrogens is 3. The van der Waals surface area contributed by atoms with Crippen LogP contribution >= 0.6 is 11.3 Å². The van der Waals surface area contributed by atoms with Gasteiger partial charge in [-0.2, -0.15) is 5.10 Å². The molecule has 0 aliphatic carbocycles. The molecule has 0 radical (unpaired) electrons. The Morgan fingerprint density at radius 2 is 2.17 bits per heavy atom. The summed E-state index contributed by atoms with van der Waals surface area (Å²) in [5.74, 6) is 0.805. The molecule has 3 aromatic heterocycles. The van der Waals surface area contributed by atoms with Crippen molar-refractivity contribution in [2.75, 3.05) is 6.54 Å². The van der Waals surface area contributed by atoms with Crippen molar-refractivity contribution in [2.24, 2.45) is 0 Å². The number of aliphatic hydroxyl groups is 1. The van der Waals surface area contributed by atoms with Crippen molar-refractivity contribution in [3.8, 4) is 5.82 Å². The molecule has 0 bridgehead atoms. The summed E-state index contributed by atoms with van der Waals surface area (Å²) in [7, 11) is 0. The Kier molecular flexibility index (Phi) is 4.80. The summed E-state index contributed by atoms with van der Waals surface area (Å²) in [4.78, 5) is 5.30. The van der Waals surface area contributed by atoms with Gasteiger partial charge < -0.3 is 10.4 Å². The molecule has 0 spiro atoms. The molecule has 2 atom stereocenters. The van der Waals surface area contributed by atoms with Crippen LogP contribution in [0.4, 0.5) is 0 Å². The van der Waals surface area contributed by atoms with Gasteiger partial charge in [-0.3, -0.25) is 0 Å². The van der Waals surface area contributed by atoms with Gasteiger partial charge in [0, 0.05) is 34.9 Å². The van der Waals surface area contributed by atoms with Gasteiger partial charge in [0.05, 0.1) is 6.20 Å². The molecule has 0 fully saturated rings. The lowest BCUT2D eigenvalue weighted by molar-refractivity contribution is 0.0581. The average Bonchev–Trinajstić information content (AvgIpc) is 3.24. The summed E-state index contributed by atoms with van der Waals surface area (Å²) in [6.07, 6.45) is 3.62. The molecule has 3 aromatic rings. The predicted octanol–water partition coefficient (Wildman–Crippen LogP) is 3.20. The van der Waals surface area contributed by atoms with E-state index in [0.29, 0.717) is 6.54 Å². The Labute approximate surface area is 146 Å². The van der Waals surface area contributed by atoms with Crippen LogP contribution in [-0.4, -0.2) is 26.4 Å². The van der Waals surface area contributed by atoms with E-state index >= 15 is 0 Å². The zero-order valence-corrected chi connectivity index (χ0v) is 14.9. The highest BCUT2D eigenvalue weighted by atomic mass is 32.1. The van der Waals surface area contributed by atoms with Gasteiger partial charge in [0.15, 0.2) is 5.82 Å². The van der Waals surface area contributed by atoms with Crippen LogP contribution < -0.4 is 5.32 Å². The van der Waals surface area contributed by atoms with Crippen LogP contribution in [-0.2, 0) is 5.60 Å². The lowest BCUT2D eigenvalue weighted by atomic mass is 10.0. The molecular weight excluding hydrogens is 320 g/mol. The smallest absolute Gasteiger partial charge is 0.153 e. The minimum absolute atomic E-state index is 0.0777. The van der Waals surface area contributed by atoms with Gasteiger partial charge in [0.1, 0.15) is 5.60 Å². The maximum Gasteiger partial charge on any atom is 0.153 e. The van der Waals surface area contributed by atoms with Gasteiger partial charge >= 0.3 is 0 Å². The molecule has 3 heterocycles. The van der Waals surface area contributed by atoms with Crippen molar-refractivity contribution in [3.63, 3.8) is 0 Å². The molecule has 3 rings (SSSR count). The maximum absolute atomic E-state index is 10.6. The molecule has 0 amide bonds. The fraction of sp³-hybridized carbons (Fsp3) is 0.333. The Balaban J connectivity index is 1.72. The van der Waals surface area contributed by atoms with Gasteiger partial charge in [-0.05, 0) is 44.4 Å². The molecule has 0 saturated carbocycles. The molecule has 5 nitrogen and oxygen atoms in total. The highest BCUT2D eigenvalue weighted by Gasteiger charge is 2.25. The molecule has 2 unspecified atom stereocenters. The van der Waals surface area contributed by atoms with E-state index in [4.69, 9.17) is 0 Å². The van der Waals surface area contributed by atoms with Crippen molar-refractivity contribution >= 4 is 11.3 Å². The fourth-order valence-corrected chi connectivity index (χ4v) is 3.48. The molecule has 0 aliphatic rings. The summed E-state index contributed by atoms with van der Waals surface area (Å²) in [5, 5.41) is 20.5. The number of nitrogens with one attached hydrogen (secondary N) is 1. The van der Waals surface area contributed by atoms with E-state index in [1.54, 1.807) is 17.5 Å². The first-order chi connectivity index (χ1) is 11.5. The van der Waals surface area contributed by atoms with Crippen molar-refractivity contribution < 1.29 is 5.11 Å². The van der Waals surface area contributed by atoms with E-state index in [1.165, 1.54) is 0 Å². The molecule has 0 aromatic carbocycles. The second-order valence-electron chi connectivity index (χ2n) is 6.14. The summed E-state index contributed by atoms with van der Waals surface area (Å²) in [6, 6.07) is 9.77. The topological polar surface area (TPSA) is 63.0 Å². The lowest BCUT2D eigenvalue weighted by Crippen LogP contribution is -2.36. The standard InChI is InChI=1S/C18H22N4OS/c1-13(20-12-18(3,23)16-7-6-10-24-16)15-11-21-22(14(15)2)17-8-4-5-9-19-17/h4-11,13,20,23H,12H2,1-3H3. The Bertz CT molecular complexity index is 781. The molecule has 24 heavy (non-hydrogen) atoms. The molecule has 0 aliphatic heterocycles. The number of nitrogens with zero attached hydrogens (tertiary/aromatic N) is 3. The quantitative estimate of drug-likeness (QED) is 0.722. The van der Waals surface area contributed by atoms with Crippen molar-refractivity contribution in [3.05, 3.63) is 64.2 Å². The first-order valence-electron chi connectivity index (χ1n) is 7.95. The minimum Gasteiger partial charge on any atom is -0.383 e. The highest BCUT2D eigenvalue weighted by molar-refractivity contribution is 7.10. The van der Waals surface area contributed by atoms with Crippen molar-refractivity contribution in [1.82, 2.24) is 20.1 Å². The lowest BCUT2D eigenvalue weighted by Gasteiger charge is -2.25. The average molecular weight is 342 g/mol. The number of hydrogen-bond acceptors (Lipinski definition) is 5. The minimum atomic E-state index is -0.882. The summed E-state index contributed by atoms with van der Waals surface area (Å²) in [6.45, 7) is 6.43. The van der Waals surface area contributed by atoms with E-state index in [-0.39, 0.29) is 6.04 Å². The number of pyridine rings is 1. The van der Waals surface area contributed by atoms with Crippen LogP contribution in [0, 0.1) is 6.92 Å². The van der Waals surface area contributed by atoms with Crippen LogP contribution in [0.1, 0.15) is 36.0 Å². The second-order valence-corrected chi connectivity index (χ2v) is 7.09. The third-order valence-corrected chi connectivity index (χ3v) is 5.31. The predicted molar refractivity (Wildman–Crippen MR) is 96.4 cm³/mol. The first kappa shape index (κ1) is 16.8. The zero-order valence-electron chi connectivity index (χ0n) is 14.1. The Hall–Kier alpha value is -2.02. The molecule has 2 N–H and O–H groups in total. The van der Waals surface area contributed by atoms with E-state index in [2.05, 4.69) is 22.3 Å². The second kappa shape index (κ2) is 6.84. The van der Waals surface area contributed by atoms with Crippen LogP contribution in [0.25, 0.3) is 5.82 Å². The number of hydrogen-bond donors (Lipinski definition) is 2. The fourth-order valence-electron chi connectivity index (χ4n) is 2.69. The van der Waals surface area contributed by atoms with Crippen LogP contribution in [0.15, 0.2) is 48.1 Å². The van der Waals surface area contributed by atoms with E-state index < -0.39 is 5.60 Å². The van der Waals surface area contributed by atoms with Crippen LogP contribution in [0.3, 0.4) is 0 Å². The number of rotatable bonds is 6. The summed E-state index contributed by atoms with van der Waals surface area (Å²) < 4.78 is 1.84. The van der Waals surface area contributed by atoms with Crippen molar-refractivity contribution in [1.29, 1.82) is 0 Å². The largest absolute Gasteiger partial charge is 0.383 e. The summed E-state index contributed by atoms with van der Waals surface area (Å²) >= 11 is 1.57. The van der Waals surface area contributed by atoms with Crippen LogP contribution in [0.2, 0.25) is 0 Å². The first-order valence-corrected chi connectivity index (χ1v) is 8.82. The molecule has 6 heteroatoms. The SMILES string of the molecule is Cc1c(C(C)NCC(C)(O)c2cccs2)cnn1-c1ccccn1. The van der Waals surface area contributed by atoms with E-state index in [1.807, 2.05) is 60.4 Å². The third kappa shape index (κ3) is 3.40. The highest BCUT2D eigenvalue weighted by Crippen LogP contribution is 2.26. The molecule has 0 saturated heterocycles. The Morgan fingerprint density at radius 1 is 1.33 bits per heavy atom. The Morgan fingerprint density at radius 3 is 2.83 bits per heavy atom.